The topological polar surface area (TPSA) is 77.0 Å². The van der Waals surface area contributed by atoms with Crippen LogP contribution in [0.3, 0.4) is 0 Å². The van der Waals surface area contributed by atoms with Crippen LogP contribution < -0.4 is 10.6 Å². The molecule has 2 aliphatic heterocycles. The van der Waals surface area contributed by atoms with Crippen molar-refractivity contribution in [2.45, 2.75) is 50.2 Å². The molecule has 1 unspecified atom stereocenters. The number of hydrogen-bond donors (Lipinski definition) is 2. The first-order valence-corrected chi connectivity index (χ1v) is 10.4. The minimum absolute atomic E-state index is 0.103. The molecule has 2 fully saturated rings. The Balaban J connectivity index is 1.89. The summed E-state index contributed by atoms with van der Waals surface area (Å²) in [7, 11) is -3.16. The maximum Gasteiger partial charge on any atom is 0.511 e. The lowest BCUT2D eigenvalue weighted by Gasteiger charge is -2.32. The van der Waals surface area contributed by atoms with Crippen molar-refractivity contribution in [3.63, 3.8) is 0 Å². The Bertz CT molecular complexity index is 589. The van der Waals surface area contributed by atoms with Gasteiger partial charge < -0.3 is 15.5 Å². The van der Waals surface area contributed by atoms with Gasteiger partial charge in [0.15, 0.2) is 5.96 Å². The van der Waals surface area contributed by atoms with Gasteiger partial charge in [0, 0.05) is 31.7 Å². The Morgan fingerprint density at radius 2 is 1.85 bits per heavy atom. The molecule has 26 heavy (non-hydrogen) atoms. The van der Waals surface area contributed by atoms with Crippen LogP contribution >= 0.6 is 0 Å². The predicted molar refractivity (Wildman–Crippen MR) is 94.3 cm³/mol. The van der Waals surface area contributed by atoms with E-state index in [-0.39, 0.29) is 19.1 Å². The van der Waals surface area contributed by atoms with Crippen LogP contribution in [0.5, 0.6) is 0 Å². The van der Waals surface area contributed by atoms with E-state index in [1.165, 1.54) is 0 Å². The van der Waals surface area contributed by atoms with E-state index in [1.807, 2.05) is 6.92 Å². The van der Waals surface area contributed by atoms with Gasteiger partial charge in [-0.05, 0) is 46.2 Å². The zero-order chi connectivity index (χ0) is 19.4. The molecular weight excluding hydrogens is 371 g/mol. The molecule has 0 saturated carbocycles. The minimum atomic E-state index is -5.24. The highest BCUT2D eigenvalue weighted by atomic mass is 32.2. The van der Waals surface area contributed by atoms with Gasteiger partial charge >= 0.3 is 15.5 Å². The molecule has 11 heteroatoms. The Hall–Kier alpha value is -1.07. The smallest absolute Gasteiger partial charge is 0.357 e. The zero-order valence-corrected chi connectivity index (χ0v) is 16.0. The third kappa shape index (κ3) is 5.23. The second-order valence-electron chi connectivity index (χ2n) is 6.76. The van der Waals surface area contributed by atoms with Gasteiger partial charge in [-0.2, -0.15) is 17.5 Å². The van der Waals surface area contributed by atoms with Crippen LogP contribution in [0.2, 0.25) is 0 Å². The Kier molecular flexibility index (Phi) is 7.14. The summed E-state index contributed by atoms with van der Waals surface area (Å²) in [5, 5.41) is 6.37. The average molecular weight is 399 g/mol. The molecule has 2 aliphatic rings. The maximum absolute atomic E-state index is 12.6. The summed E-state index contributed by atoms with van der Waals surface area (Å²) >= 11 is 0. The van der Waals surface area contributed by atoms with Crippen LogP contribution in [0.4, 0.5) is 13.2 Å². The number of halogens is 3. The highest BCUT2D eigenvalue weighted by Crippen LogP contribution is 2.28. The van der Waals surface area contributed by atoms with Crippen molar-refractivity contribution in [2.24, 2.45) is 4.99 Å². The Morgan fingerprint density at radius 1 is 1.19 bits per heavy atom. The molecule has 0 aromatic carbocycles. The van der Waals surface area contributed by atoms with Crippen molar-refractivity contribution < 1.29 is 21.6 Å². The van der Waals surface area contributed by atoms with Crippen LogP contribution in [0, 0.1) is 0 Å². The van der Waals surface area contributed by atoms with Crippen molar-refractivity contribution in [1.29, 1.82) is 0 Å². The van der Waals surface area contributed by atoms with Crippen molar-refractivity contribution in [3.05, 3.63) is 0 Å². The standard InChI is InChI=1S/C15H28F3N5O2S/c1-3-19-14(20-11-13-5-4-8-22(13)2)21-12-6-9-23(10-7-12)26(24,25)15(16,17)18/h12-13H,3-11H2,1-2H3,(H2,19,20,21). The van der Waals surface area contributed by atoms with Gasteiger partial charge in [0.1, 0.15) is 0 Å². The third-order valence-electron chi connectivity index (χ3n) is 4.90. The monoisotopic (exact) mass is 399 g/mol. The largest absolute Gasteiger partial charge is 0.511 e. The number of likely N-dealkylation sites (N-methyl/N-ethyl adjacent to an activating group) is 1. The van der Waals surface area contributed by atoms with Crippen LogP contribution in [-0.4, -0.2) is 80.9 Å². The number of piperidine rings is 1. The van der Waals surface area contributed by atoms with Crippen molar-refractivity contribution in [2.75, 3.05) is 39.8 Å². The quantitative estimate of drug-likeness (QED) is 0.532. The number of alkyl halides is 3. The summed E-state index contributed by atoms with van der Waals surface area (Å²) in [5.41, 5.74) is -5.24. The first-order valence-electron chi connectivity index (χ1n) is 8.96. The molecule has 0 amide bonds. The van der Waals surface area contributed by atoms with Crippen molar-refractivity contribution >= 4 is 16.0 Å². The Morgan fingerprint density at radius 3 is 2.35 bits per heavy atom. The molecule has 2 heterocycles. The number of aliphatic imine (C=N–C) groups is 1. The second kappa shape index (κ2) is 8.75. The number of likely N-dealkylation sites (tertiary alicyclic amines) is 1. The normalized spacial score (nSPS) is 24.8. The molecule has 0 aromatic heterocycles. The number of guanidine groups is 1. The van der Waals surface area contributed by atoms with Crippen molar-refractivity contribution in [1.82, 2.24) is 19.8 Å². The molecule has 7 nitrogen and oxygen atoms in total. The van der Waals surface area contributed by atoms with E-state index < -0.39 is 15.5 Å². The number of nitrogens with zero attached hydrogens (tertiary/aromatic N) is 3. The fourth-order valence-electron chi connectivity index (χ4n) is 3.31. The van der Waals surface area contributed by atoms with Crippen LogP contribution in [0.1, 0.15) is 32.6 Å². The highest BCUT2D eigenvalue weighted by Gasteiger charge is 2.50. The summed E-state index contributed by atoms with van der Waals surface area (Å²) in [5.74, 6) is 0.630. The minimum Gasteiger partial charge on any atom is -0.357 e. The molecule has 2 rings (SSSR count). The maximum atomic E-state index is 12.6. The SMILES string of the molecule is CCNC(=NCC1CCCN1C)NC1CCN(S(=O)(=O)C(F)(F)F)CC1. The molecule has 0 radical (unpaired) electrons. The summed E-state index contributed by atoms with van der Waals surface area (Å²) < 4.78 is 61.3. The Labute approximate surface area is 153 Å². The fourth-order valence-corrected chi connectivity index (χ4v) is 4.29. The first-order chi connectivity index (χ1) is 12.1. The van der Waals surface area contributed by atoms with E-state index in [0.29, 0.717) is 42.2 Å². The summed E-state index contributed by atoms with van der Waals surface area (Å²) in [6.45, 7) is 4.04. The molecule has 0 spiro atoms. The molecule has 1 atom stereocenters. The average Bonchev–Trinajstić information content (AvgIpc) is 2.97. The lowest BCUT2D eigenvalue weighted by Crippen LogP contribution is -2.51. The van der Waals surface area contributed by atoms with Gasteiger partial charge in [-0.3, -0.25) is 4.99 Å². The van der Waals surface area contributed by atoms with Crippen LogP contribution in [-0.2, 0) is 10.0 Å². The number of hydrogen-bond acceptors (Lipinski definition) is 4. The lowest BCUT2D eigenvalue weighted by atomic mass is 10.1. The van der Waals surface area contributed by atoms with Gasteiger partial charge in [0.05, 0.1) is 6.54 Å². The summed E-state index contributed by atoms with van der Waals surface area (Å²) in [6.07, 6.45) is 2.88. The van der Waals surface area contributed by atoms with E-state index in [0.717, 1.165) is 19.4 Å². The molecular formula is C15H28F3N5O2S. The lowest BCUT2D eigenvalue weighted by molar-refractivity contribution is -0.0494. The second-order valence-corrected chi connectivity index (χ2v) is 8.69. The van der Waals surface area contributed by atoms with Crippen molar-refractivity contribution in [3.8, 4) is 0 Å². The summed E-state index contributed by atoms with van der Waals surface area (Å²) in [4.78, 5) is 6.86. The zero-order valence-electron chi connectivity index (χ0n) is 15.2. The third-order valence-corrected chi connectivity index (χ3v) is 6.53. The van der Waals surface area contributed by atoms with E-state index in [9.17, 15) is 21.6 Å². The first kappa shape index (κ1) is 21.2. The van der Waals surface area contributed by atoms with Gasteiger partial charge in [-0.1, -0.05) is 0 Å². The van der Waals surface area contributed by atoms with Crippen LogP contribution in [0.25, 0.3) is 0 Å². The molecule has 152 valence electrons. The fraction of sp³-hybridized carbons (Fsp3) is 0.933. The van der Waals surface area contributed by atoms with Gasteiger partial charge in [-0.25, -0.2) is 8.42 Å². The van der Waals surface area contributed by atoms with Gasteiger partial charge in [0.2, 0.25) is 0 Å². The van der Waals surface area contributed by atoms with Crippen LogP contribution in [0.15, 0.2) is 4.99 Å². The molecule has 2 N–H and O–H groups in total. The number of nitrogens with one attached hydrogen (secondary N) is 2. The summed E-state index contributed by atoms with van der Waals surface area (Å²) in [6, 6.07) is 0.304. The molecule has 2 saturated heterocycles. The van der Waals surface area contributed by atoms with E-state index >= 15 is 0 Å². The molecule has 0 bridgehead atoms. The van der Waals surface area contributed by atoms with Gasteiger partial charge in [-0.15, -0.1) is 0 Å². The molecule has 0 aliphatic carbocycles. The molecule has 0 aromatic rings. The predicted octanol–water partition coefficient (Wildman–Crippen LogP) is 0.950. The number of sulfonamides is 1. The van der Waals surface area contributed by atoms with E-state index in [4.69, 9.17) is 0 Å². The highest BCUT2D eigenvalue weighted by molar-refractivity contribution is 7.90. The van der Waals surface area contributed by atoms with Gasteiger partial charge in [0.25, 0.3) is 0 Å². The van der Waals surface area contributed by atoms with E-state index in [2.05, 4.69) is 27.6 Å². The van der Waals surface area contributed by atoms with E-state index in [1.54, 1.807) is 0 Å². The number of rotatable bonds is 5.